The van der Waals surface area contributed by atoms with Crippen molar-refractivity contribution in [1.82, 2.24) is 5.32 Å². The first-order valence-corrected chi connectivity index (χ1v) is 11.4. The quantitative estimate of drug-likeness (QED) is 0.649. The number of urea groups is 1. The number of aliphatic hydroxyl groups is 1. The van der Waals surface area contributed by atoms with E-state index in [9.17, 15) is 14.7 Å². The van der Waals surface area contributed by atoms with Gasteiger partial charge in [-0.2, -0.15) is 0 Å². The minimum atomic E-state index is -0.675. The van der Waals surface area contributed by atoms with Crippen LogP contribution in [-0.2, 0) is 4.79 Å². The summed E-state index contributed by atoms with van der Waals surface area (Å²) in [5.74, 6) is -0.115. The molecule has 2 aliphatic rings. The third-order valence-corrected chi connectivity index (χ3v) is 6.30. The molecule has 2 aromatic rings. The van der Waals surface area contributed by atoms with Gasteiger partial charge in [0.2, 0.25) is 5.91 Å². The number of hydrogen-bond donors (Lipinski definition) is 3. The molecule has 2 saturated heterocycles. The molecular weight excluding hydrogens is 428 g/mol. The summed E-state index contributed by atoms with van der Waals surface area (Å²) >= 11 is 5.87. The number of anilines is 3. The van der Waals surface area contributed by atoms with Crippen molar-refractivity contribution in [3.63, 3.8) is 0 Å². The molecule has 8 heteroatoms. The predicted molar refractivity (Wildman–Crippen MR) is 127 cm³/mol. The van der Waals surface area contributed by atoms with Crippen LogP contribution in [-0.4, -0.2) is 48.3 Å². The smallest absolute Gasteiger partial charge is 0.319 e. The van der Waals surface area contributed by atoms with Gasteiger partial charge in [-0.3, -0.25) is 4.79 Å². The topological polar surface area (TPSA) is 84.9 Å². The first-order chi connectivity index (χ1) is 15.3. The second-order valence-corrected chi connectivity index (χ2v) is 9.26. The lowest BCUT2D eigenvalue weighted by molar-refractivity contribution is -0.121. The van der Waals surface area contributed by atoms with Crippen LogP contribution in [0.5, 0.6) is 0 Å². The number of carbonyl (C=O) groups is 2. The monoisotopic (exact) mass is 456 g/mol. The average Bonchev–Trinajstić information content (AvgIpc) is 2.76. The molecule has 2 aliphatic heterocycles. The number of rotatable bonds is 4. The van der Waals surface area contributed by atoms with Gasteiger partial charge in [-0.25, -0.2) is 4.79 Å². The van der Waals surface area contributed by atoms with Gasteiger partial charge in [0.25, 0.3) is 0 Å². The van der Waals surface area contributed by atoms with Gasteiger partial charge in [0.15, 0.2) is 0 Å². The van der Waals surface area contributed by atoms with Crippen molar-refractivity contribution in [3.8, 4) is 0 Å². The van der Waals surface area contributed by atoms with Crippen LogP contribution < -0.4 is 20.4 Å². The van der Waals surface area contributed by atoms with Gasteiger partial charge in [0.1, 0.15) is 6.04 Å². The molecule has 0 aliphatic carbocycles. The molecule has 2 heterocycles. The number of hydrogen-bond acceptors (Lipinski definition) is 4. The molecule has 4 rings (SSSR count). The van der Waals surface area contributed by atoms with Gasteiger partial charge in [0, 0.05) is 41.7 Å². The van der Waals surface area contributed by atoms with E-state index >= 15 is 0 Å². The molecule has 2 atom stereocenters. The summed E-state index contributed by atoms with van der Waals surface area (Å²) in [5, 5.41) is 16.5. The number of carbonyl (C=O) groups excluding carboxylic acids is 2. The summed E-state index contributed by atoms with van der Waals surface area (Å²) in [4.78, 5) is 29.3. The zero-order valence-electron chi connectivity index (χ0n) is 18.2. The zero-order valence-corrected chi connectivity index (χ0v) is 18.9. The number of nitrogens with zero attached hydrogens (tertiary/aromatic N) is 2. The van der Waals surface area contributed by atoms with Gasteiger partial charge in [-0.15, -0.1) is 0 Å². The van der Waals surface area contributed by atoms with Gasteiger partial charge in [-0.1, -0.05) is 11.6 Å². The van der Waals surface area contributed by atoms with E-state index in [0.29, 0.717) is 30.2 Å². The number of β-amino-alcohol motifs (C(OH)–C–C–N with tert-alkyl or cyclic N) is 1. The van der Waals surface area contributed by atoms with E-state index in [4.69, 9.17) is 11.6 Å². The van der Waals surface area contributed by atoms with Crippen LogP contribution in [0.1, 0.15) is 32.6 Å². The first-order valence-electron chi connectivity index (χ1n) is 11.0. The number of halogens is 1. The highest BCUT2D eigenvalue weighted by Crippen LogP contribution is 2.28. The summed E-state index contributed by atoms with van der Waals surface area (Å²) < 4.78 is 0. The summed E-state index contributed by atoms with van der Waals surface area (Å²) in [6, 6.07) is 13.7. The van der Waals surface area contributed by atoms with Crippen LogP contribution in [0.4, 0.5) is 21.9 Å². The van der Waals surface area contributed by atoms with Crippen molar-refractivity contribution in [3.05, 3.63) is 53.6 Å². The van der Waals surface area contributed by atoms with E-state index in [1.165, 1.54) is 0 Å². The van der Waals surface area contributed by atoms with Crippen LogP contribution in [0.25, 0.3) is 0 Å². The zero-order chi connectivity index (χ0) is 22.7. The van der Waals surface area contributed by atoms with Crippen molar-refractivity contribution in [1.29, 1.82) is 0 Å². The van der Waals surface area contributed by atoms with E-state index in [1.54, 1.807) is 29.2 Å². The molecule has 3 N–H and O–H groups in total. The van der Waals surface area contributed by atoms with Crippen LogP contribution >= 0.6 is 11.6 Å². The van der Waals surface area contributed by atoms with Gasteiger partial charge in [-0.05, 0) is 81.1 Å². The molecular formula is C24H29ClN4O3. The highest BCUT2D eigenvalue weighted by Gasteiger charge is 2.31. The van der Waals surface area contributed by atoms with Crippen molar-refractivity contribution >= 4 is 40.6 Å². The molecule has 2 aromatic carbocycles. The fourth-order valence-corrected chi connectivity index (χ4v) is 4.53. The molecule has 0 aromatic heterocycles. The fourth-order valence-electron chi connectivity index (χ4n) is 4.41. The molecule has 0 bridgehead atoms. The third kappa shape index (κ3) is 5.34. The second kappa shape index (κ2) is 9.38. The first kappa shape index (κ1) is 22.4. The van der Waals surface area contributed by atoms with Gasteiger partial charge in [0.05, 0.1) is 5.60 Å². The highest BCUT2D eigenvalue weighted by atomic mass is 35.5. The summed E-state index contributed by atoms with van der Waals surface area (Å²) in [6.45, 7) is 4.00. The summed E-state index contributed by atoms with van der Waals surface area (Å²) in [7, 11) is 0. The molecule has 2 fully saturated rings. The van der Waals surface area contributed by atoms with Crippen LogP contribution in [0.15, 0.2) is 48.5 Å². The lowest BCUT2D eigenvalue weighted by atomic mass is 9.95. The van der Waals surface area contributed by atoms with Crippen LogP contribution in [0.3, 0.4) is 0 Å². The largest absolute Gasteiger partial charge is 0.388 e. The number of amides is 3. The fraction of sp³-hybridized carbons (Fsp3) is 0.417. The van der Waals surface area contributed by atoms with Crippen molar-refractivity contribution in [2.75, 3.05) is 34.8 Å². The maximum absolute atomic E-state index is 13.1. The molecule has 3 amide bonds. The normalized spacial score (nSPS) is 23.7. The van der Waals surface area contributed by atoms with E-state index in [-0.39, 0.29) is 5.91 Å². The molecule has 0 radical (unpaired) electrons. The SMILES string of the molecule is CC1(O)CCCN(c2ccc(N3CCC[C@@H](NC(=O)Nc4ccc(Cl)cc4)C3=O)cc2)C1. The summed E-state index contributed by atoms with van der Waals surface area (Å²) in [5.41, 5.74) is 1.78. The van der Waals surface area contributed by atoms with Crippen LogP contribution in [0, 0.1) is 0 Å². The molecule has 1 unspecified atom stereocenters. The Bertz CT molecular complexity index is 962. The molecule has 0 saturated carbocycles. The Kier molecular flexibility index (Phi) is 6.58. The van der Waals surface area contributed by atoms with Gasteiger partial charge < -0.3 is 25.5 Å². The Balaban J connectivity index is 1.38. The third-order valence-electron chi connectivity index (χ3n) is 6.05. The number of benzene rings is 2. The van der Waals surface area contributed by atoms with Gasteiger partial charge >= 0.3 is 6.03 Å². The molecule has 7 nitrogen and oxygen atoms in total. The van der Waals surface area contributed by atoms with Crippen molar-refractivity contribution in [2.24, 2.45) is 0 Å². The van der Waals surface area contributed by atoms with E-state index in [2.05, 4.69) is 15.5 Å². The van der Waals surface area contributed by atoms with E-state index < -0.39 is 17.7 Å². The number of piperidine rings is 2. The highest BCUT2D eigenvalue weighted by molar-refractivity contribution is 6.30. The minimum absolute atomic E-state index is 0.115. The maximum atomic E-state index is 13.1. The Labute approximate surface area is 193 Å². The molecule has 0 spiro atoms. The lowest BCUT2D eigenvalue weighted by Crippen LogP contribution is -2.53. The molecule has 170 valence electrons. The van der Waals surface area contributed by atoms with Crippen LogP contribution in [0.2, 0.25) is 5.02 Å². The Morgan fingerprint density at radius 3 is 2.44 bits per heavy atom. The minimum Gasteiger partial charge on any atom is -0.388 e. The Morgan fingerprint density at radius 2 is 1.75 bits per heavy atom. The standard InChI is InChI=1S/C24H29ClN4O3/c1-24(32)13-3-14-28(16-24)19-9-11-20(12-10-19)29-15-2-4-21(22(29)30)27-23(31)26-18-7-5-17(25)6-8-18/h5-12,21,32H,2-4,13-16H2,1H3,(H2,26,27,31)/t21-,24?/m1/s1. The number of nitrogens with one attached hydrogen (secondary N) is 2. The van der Waals surface area contributed by atoms with E-state index in [0.717, 1.165) is 37.2 Å². The van der Waals surface area contributed by atoms with Crippen molar-refractivity contribution < 1.29 is 14.7 Å². The Hall–Kier alpha value is -2.77. The lowest BCUT2D eigenvalue weighted by Gasteiger charge is -2.38. The van der Waals surface area contributed by atoms with Crippen molar-refractivity contribution in [2.45, 2.75) is 44.2 Å². The average molecular weight is 457 g/mol. The van der Waals surface area contributed by atoms with E-state index in [1.807, 2.05) is 31.2 Å². The second-order valence-electron chi connectivity index (χ2n) is 8.83. The maximum Gasteiger partial charge on any atom is 0.319 e. The predicted octanol–water partition coefficient (Wildman–Crippen LogP) is 4.01. The summed E-state index contributed by atoms with van der Waals surface area (Å²) in [6.07, 6.45) is 3.16. The molecule has 32 heavy (non-hydrogen) atoms. The Morgan fingerprint density at radius 1 is 1.06 bits per heavy atom.